The first-order valence-electron chi connectivity index (χ1n) is 8.09. The Morgan fingerprint density at radius 1 is 1.20 bits per heavy atom. The van der Waals surface area contributed by atoms with Crippen molar-refractivity contribution in [2.45, 2.75) is 44.6 Å². The highest BCUT2D eigenvalue weighted by molar-refractivity contribution is 8.00. The van der Waals surface area contributed by atoms with Crippen molar-refractivity contribution in [1.82, 2.24) is 15.3 Å². The monoisotopic (exact) mass is 359 g/mol. The van der Waals surface area contributed by atoms with E-state index >= 15 is 0 Å². The largest absolute Gasteiger partial charge is 0.454 e. The molecule has 1 aromatic heterocycles. The van der Waals surface area contributed by atoms with Crippen LogP contribution in [0.5, 0.6) is 11.5 Å². The van der Waals surface area contributed by atoms with Crippen molar-refractivity contribution in [3.8, 4) is 11.5 Å². The Kier molecular flexibility index (Phi) is 5.13. The van der Waals surface area contributed by atoms with E-state index in [0.717, 1.165) is 28.3 Å². The number of fused-ring (bicyclic) bond motifs is 1. The summed E-state index contributed by atoms with van der Waals surface area (Å²) in [4.78, 5) is 21.3. The van der Waals surface area contributed by atoms with Crippen LogP contribution in [0, 0.1) is 20.8 Å². The highest BCUT2D eigenvalue weighted by atomic mass is 32.2. The van der Waals surface area contributed by atoms with Crippen molar-refractivity contribution in [3.05, 3.63) is 40.7 Å². The molecule has 0 saturated carbocycles. The first-order chi connectivity index (χ1) is 11.9. The summed E-state index contributed by atoms with van der Waals surface area (Å²) in [5.74, 6) is 1.40. The molecule has 0 fully saturated rings. The van der Waals surface area contributed by atoms with Gasteiger partial charge in [-0.1, -0.05) is 17.8 Å². The van der Waals surface area contributed by atoms with Gasteiger partial charge in [-0.15, -0.1) is 0 Å². The molecule has 2 heterocycles. The summed E-state index contributed by atoms with van der Waals surface area (Å²) in [6, 6.07) is 5.66. The number of benzene rings is 1. The average molecular weight is 359 g/mol. The Labute approximate surface area is 151 Å². The van der Waals surface area contributed by atoms with Gasteiger partial charge in [0.25, 0.3) is 0 Å². The molecule has 1 aliphatic heterocycles. The molecule has 3 rings (SSSR count). The summed E-state index contributed by atoms with van der Waals surface area (Å²) >= 11 is 1.37. The van der Waals surface area contributed by atoms with E-state index in [1.165, 1.54) is 11.8 Å². The second-order valence-electron chi connectivity index (χ2n) is 5.97. The molecular formula is C18H21N3O3S. The number of nitrogens with one attached hydrogen (secondary N) is 1. The number of hydrogen-bond donors (Lipinski definition) is 1. The lowest BCUT2D eigenvalue weighted by molar-refractivity contribution is -0.120. The van der Waals surface area contributed by atoms with Crippen LogP contribution in [0.4, 0.5) is 0 Å². The molecule has 132 valence electrons. The second kappa shape index (κ2) is 7.31. The van der Waals surface area contributed by atoms with Crippen molar-refractivity contribution in [1.29, 1.82) is 0 Å². The Hall–Kier alpha value is -2.28. The molecule has 0 aliphatic carbocycles. The number of carbonyl (C=O) groups is 1. The number of nitrogens with zero attached hydrogens (tertiary/aromatic N) is 2. The van der Waals surface area contributed by atoms with Crippen LogP contribution < -0.4 is 14.8 Å². The van der Waals surface area contributed by atoms with Gasteiger partial charge >= 0.3 is 0 Å². The number of rotatable bonds is 5. The Balaban J connectivity index is 1.57. The zero-order chi connectivity index (χ0) is 18.0. The third-order valence-corrected chi connectivity index (χ3v) is 5.13. The minimum atomic E-state index is -0.282. The van der Waals surface area contributed by atoms with Crippen molar-refractivity contribution < 1.29 is 14.3 Å². The van der Waals surface area contributed by atoms with Crippen LogP contribution in [-0.4, -0.2) is 27.9 Å². The smallest absolute Gasteiger partial charge is 0.233 e. The quantitative estimate of drug-likeness (QED) is 0.654. The molecule has 0 saturated heterocycles. The fourth-order valence-electron chi connectivity index (χ4n) is 2.39. The molecule has 7 heteroatoms. The van der Waals surface area contributed by atoms with Crippen LogP contribution in [0.15, 0.2) is 23.4 Å². The number of thioether (sulfide) groups is 1. The van der Waals surface area contributed by atoms with Crippen LogP contribution in [0.3, 0.4) is 0 Å². The summed E-state index contributed by atoms with van der Waals surface area (Å²) in [6.45, 7) is 8.45. The van der Waals surface area contributed by atoms with Gasteiger partial charge in [0.1, 0.15) is 0 Å². The summed E-state index contributed by atoms with van der Waals surface area (Å²) < 4.78 is 10.6. The van der Waals surface area contributed by atoms with Gasteiger partial charge in [0.05, 0.1) is 5.25 Å². The summed E-state index contributed by atoms with van der Waals surface area (Å²) in [7, 11) is 0. The lowest BCUT2D eigenvalue weighted by Crippen LogP contribution is -2.30. The molecule has 1 amide bonds. The highest BCUT2D eigenvalue weighted by Crippen LogP contribution is 2.32. The fraction of sp³-hybridized carbons (Fsp3) is 0.389. The molecule has 0 bridgehead atoms. The van der Waals surface area contributed by atoms with Gasteiger partial charge in [-0.05, 0) is 51.0 Å². The van der Waals surface area contributed by atoms with Gasteiger partial charge < -0.3 is 14.8 Å². The maximum Gasteiger partial charge on any atom is 0.233 e. The van der Waals surface area contributed by atoms with E-state index in [4.69, 9.17) is 9.47 Å². The highest BCUT2D eigenvalue weighted by Gasteiger charge is 2.18. The number of hydrogen-bond acceptors (Lipinski definition) is 6. The summed E-state index contributed by atoms with van der Waals surface area (Å²) in [5.41, 5.74) is 3.95. The van der Waals surface area contributed by atoms with Crippen LogP contribution >= 0.6 is 11.8 Å². The predicted molar refractivity (Wildman–Crippen MR) is 96.0 cm³/mol. The van der Waals surface area contributed by atoms with E-state index in [0.29, 0.717) is 17.5 Å². The first-order valence-corrected chi connectivity index (χ1v) is 8.96. The Bertz CT molecular complexity index is 787. The molecule has 6 nitrogen and oxygen atoms in total. The lowest BCUT2D eigenvalue weighted by Gasteiger charge is -2.13. The van der Waals surface area contributed by atoms with E-state index in [2.05, 4.69) is 15.3 Å². The van der Waals surface area contributed by atoms with Gasteiger partial charge in [-0.3, -0.25) is 4.79 Å². The minimum Gasteiger partial charge on any atom is -0.454 e. The fourth-order valence-corrected chi connectivity index (χ4v) is 3.28. The van der Waals surface area contributed by atoms with Gasteiger partial charge in [-0.25, -0.2) is 9.97 Å². The molecule has 1 aromatic carbocycles. The third kappa shape index (κ3) is 4.04. The van der Waals surface area contributed by atoms with Crippen molar-refractivity contribution in [2.24, 2.45) is 0 Å². The van der Waals surface area contributed by atoms with E-state index in [1.54, 1.807) is 0 Å². The molecule has 0 spiro atoms. The van der Waals surface area contributed by atoms with Crippen LogP contribution in [0.25, 0.3) is 0 Å². The minimum absolute atomic E-state index is 0.0536. The molecule has 25 heavy (non-hydrogen) atoms. The molecule has 1 aliphatic rings. The summed E-state index contributed by atoms with van der Waals surface area (Å²) in [5, 5.41) is 3.29. The number of ether oxygens (including phenoxy) is 2. The Morgan fingerprint density at radius 2 is 1.88 bits per heavy atom. The second-order valence-corrected chi connectivity index (χ2v) is 7.28. The van der Waals surface area contributed by atoms with E-state index in [9.17, 15) is 4.79 Å². The SMILES string of the molecule is Cc1nc(S[C@H](C)C(=O)NCc2ccc3c(c2)OCO3)nc(C)c1C. The molecule has 0 unspecified atom stereocenters. The van der Waals surface area contributed by atoms with E-state index in [1.807, 2.05) is 45.9 Å². The van der Waals surface area contributed by atoms with Crippen molar-refractivity contribution >= 4 is 17.7 Å². The van der Waals surface area contributed by atoms with Crippen LogP contribution in [-0.2, 0) is 11.3 Å². The maximum absolute atomic E-state index is 12.3. The van der Waals surface area contributed by atoms with Gasteiger partial charge in [0.2, 0.25) is 12.7 Å². The van der Waals surface area contributed by atoms with Crippen molar-refractivity contribution in [3.63, 3.8) is 0 Å². The van der Waals surface area contributed by atoms with Gasteiger partial charge in [-0.2, -0.15) is 0 Å². The number of aryl methyl sites for hydroxylation is 2. The molecule has 1 N–H and O–H groups in total. The number of amides is 1. The van der Waals surface area contributed by atoms with Gasteiger partial charge in [0, 0.05) is 17.9 Å². The van der Waals surface area contributed by atoms with Crippen LogP contribution in [0.1, 0.15) is 29.4 Å². The zero-order valence-electron chi connectivity index (χ0n) is 14.8. The zero-order valence-corrected chi connectivity index (χ0v) is 15.6. The third-order valence-electron chi connectivity index (χ3n) is 4.17. The lowest BCUT2D eigenvalue weighted by atomic mass is 10.2. The Morgan fingerprint density at radius 3 is 2.60 bits per heavy atom. The maximum atomic E-state index is 12.3. The normalized spacial score (nSPS) is 13.6. The standard InChI is InChI=1S/C18H21N3O3S/c1-10-11(2)20-18(21-12(10)3)25-13(4)17(22)19-8-14-5-6-15-16(7-14)24-9-23-15/h5-7,13H,8-9H2,1-4H3,(H,19,22)/t13-/m1/s1. The molecule has 0 radical (unpaired) electrons. The number of carbonyl (C=O) groups excluding carboxylic acids is 1. The first kappa shape index (κ1) is 17.5. The number of aromatic nitrogens is 2. The van der Waals surface area contributed by atoms with Gasteiger partial charge in [0.15, 0.2) is 16.7 Å². The molecule has 1 atom stereocenters. The molecule has 2 aromatic rings. The summed E-state index contributed by atoms with van der Waals surface area (Å²) in [6.07, 6.45) is 0. The van der Waals surface area contributed by atoms with E-state index in [-0.39, 0.29) is 18.0 Å². The van der Waals surface area contributed by atoms with E-state index < -0.39 is 0 Å². The van der Waals surface area contributed by atoms with Crippen molar-refractivity contribution in [2.75, 3.05) is 6.79 Å². The average Bonchev–Trinajstić information content (AvgIpc) is 3.05. The van der Waals surface area contributed by atoms with Crippen LogP contribution in [0.2, 0.25) is 0 Å². The topological polar surface area (TPSA) is 73.3 Å². The molecular weight excluding hydrogens is 338 g/mol. The predicted octanol–water partition coefficient (Wildman–Crippen LogP) is 2.93.